The summed E-state index contributed by atoms with van der Waals surface area (Å²) < 4.78 is 5.53. The van der Waals surface area contributed by atoms with Crippen LogP contribution < -0.4 is 0 Å². The monoisotopic (exact) mass is 335 g/mol. The zero-order chi connectivity index (χ0) is 18.1. The number of rotatable bonds is 2. The van der Waals surface area contributed by atoms with E-state index in [-0.39, 0.29) is 29.9 Å². The first-order chi connectivity index (χ1) is 11.0. The Morgan fingerprint density at radius 1 is 1.25 bits per heavy atom. The maximum Gasteiger partial charge on any atom is 0.410 e. The van der Waals surface area contributed by atoms with Gasteiger partial charge >= 0.3 is 6.09 Å². The van der Waals surface area contributed by atoms with E-state index >= 15 is 0 Å². The molecule has 0 spiro atoms. The maximum absolute atomic E-state index is 12.4. The number of ether oxygens (including phenoxy) is 1. The van der Waals surface area contributed by atoms with Gasteiger partial charge in [-0.1, -0.05) is 13.8 Å². The summed E-state index contributed by atoms with van der Waals surface area (Å²) in [4.78, 5) is 27.9. The van der Waals surface area contributed by atoms with Gasteiger partial charge in [-0.3, -0.25) is 4.79 Å². The van der Waals surface area contributed by atoms with Gasteiger partial charge in [-0.25, -0.2) is 4.79 Å². The SMILES string of the molecule is CC(C)(C)OC(=O)N1CC(C)(C)[C@@H]1C1CCN(C(=O)CC#N)CC1. The molecule has 2 saturated heterocycles. The molecule has 2 aliphatic heterocycles. The molecule has 2 fully saturated rings. The number of hydrogen-bond donors (Lipinski definition) is 0. The molecule has 2 heterocycles. The molecule has 0 N–H and O–H groups in total. The van der Waals surface area contributed by atoms with Crippen LogP contribution in [0.1, 0.15) is 53.9 Å². The lowest BCUT2D eigenvalue weighted by molar-refractivity contribution is -0.134. The first-order valence-corrected chi connectivity index (χ1v) is 8.69. The molecule has 0 aromatic rings. The van der Waals surface area contributed by atoms with Crippen LogP contribution in [0.5, 0.6) is 0 Å². The van der Waals surface area contributed by atoms with Crippen molar-refractivity contribution < 1.29 is 14.3 Å². The van der Waals surface area contributed by atoms with Crippen molar-refractivity contribution in [3.05, 3.63) is 0 Å². The molecule has 0 bridgehead atoms. The van der Waals surface area contributed by atoms with Gasteiger partial charge < -0.3 is 14.5 Å². The van der Waals surface area contributed by atoms with Crippen LogP contribution in [0, 0.1) is 22.7 Å². The van der Waals surface area contributed by atoms with Crippen LogP contribution in [0.2, 0.25) is 0 Å². The van der Waals surface area contributed by atoms with Gasteiger partial charge in [0.15, 0.2) is 0 Å². The van der Waals surface area contributed by atoms with Gasteiger partial charge in [-0.05, 0) is 39.5 Å². The molecule has 134 valence electrons. The molecule has 0 aromatic carbocycles. The molecule has 0 radical (unpaired) electrons. The molecule has 6 nitrogen and oxygen atoms in total. The second kappa shape index (κ2) is 6.62. The smallest absolute Gasteiger partial charge is 0.410 e. The first kappa shape index (κ1) is 18.6. The first-order valence-electron chi connectivity index (χ1n) is 8.69. The van der Waals surface area contributed by atoms with Crippen molar-refractivity contribution >= 4 is 12.0 Å². The van der Waals surface area contributed by atoms with Crippen molar-refractivity contribution in [1.29, 1.82) is 5.26 Å². The third-order valence-corrected chi connectivity index (χ3v) is 4.91. The molecule has 2 amide bonds. The number of carbonyl (C=O) groups excluding carboxylic acids is 2. The Morgan fingerprint density at radius 2 is 1.83 bits per heavy atom. The zero-order valence-corrected chi connectivity index (χ0v) is 15.5. The lowest BCUT2D eigenvalue weighted by Crippen LogP contribution is -2.68. The lowest BCUT2D eigenvalue weighted by atomic mass is 9.67. The third kappa shape index (κ3) is 4.00. The average Bonchev–Trinajstić information content (AvgIpc) is 2.44. The molecule has 1 atom stereocenters. The second-order valence-corrected chi connectivity index (χ2v) is 8.59. The van der Waals surface area contributed by atoms with Gasteiger partial charge in [-0.15, -0.1) is 0 Å². The summed E-state index contributed by atoms with van der Waals surface area (Å²) in [6.45, 7) is 12.1. The Labute approximate surface area is 144 Å². The Hall–Kier alpha value is -1.77. The van der Waals surface area contributed by atoms with Crippen LogP contribution in [0.3, 0.4) is 0 Å². The van der Waals surface area contributed by atoms with E-state index < -0.39 is 5.60 Å². The highest BCUT2D eigenvalue weighted by molar-refractivity contribution is 5.78. The van der Waals surface area contributed by atoms with Crippen molar-refractivity contribution in [2.75, 3.05) is 19.6 Å². The Morgan fingerprint density at radius 3 is 2.29 bits per heavy atom. The highest BCUT2D eigenvalue weighted by atomic mass is 16.6. The summed E-state index contributed by atoms with van der Waals surface area (Å²) in [7, 11) is 0. The van der Waals surface area contributed by atoms with E-state index in [1.54, 1.807) is 4.90 Å². The minimum Gasteiger partial charge on any atom is -0.444 e. The predicted octanol–water partition coefficient (Wildman–Crippen LogP) is 2.78. The fourth-order valence-corrected chi connectivity index (χ4v) is 3.98. The standard InChI is InChI=1S/C18H29N3O3/c1-17(2,3)24-16(23)21-12-18(4,5)15(21)13-7-10-20(11-8-13)14(22)6-9-19/h13,15H,6-8,10-12H2,1-5H3/t15-/m0/s1. The highest BCUT2D eigenvalue weighted by Crippen LogP contribution is 2.45. The summed E-state index contributed by atoms with van der Waals surface area (Å²) in [6.07, 6.45) is 1.44. The molecular formula is C18H29N3O3. The minimum atomic E-state index is -0.492. The van der Waals surface area contributed by atoms with Gasteiger partial charge in [0.25, 0.3) is 0 Å². The van der Waals surface area contributed by atoms with Gasteiger partial charge in [0.1, 0.15) is 12.0 Å². The molecular weight excluding hydrogens is 306 g/mol. The fraction of sp³-hybridized carbons (Fsp3) is 0.833. The van der Waals surface area contributed by atoms with E-state index in [0.29, 0.717) is 25.6 Å². The van der Waals surface area contributed by atoms with E-state index in [9.17, 15) is 9.59 Å². The number of nitrogens with zero attached hydrogens (tertiary/aromatic N) is 3. The van der Waals surface area contributed by atoms with Crippen molar-refractivity contribution in [3.8, 4) is 6.07 Å². The van der Waals surface area contributed by atoms with Crippen LogP contribution in [0.15, 0.2) is 0 Å². The minimum absolute atomic E-state index is 0.0520. The lowest BCUT2D eigenvalue weighted by Gasteiger charge is -2.58. The third-order valence-electron chi connectivity index (χ3n) is 4.91. The molecule has 2 aliphatic rings. The van der Waals surface area contributed by atoms with E-state index in [4.69, 9.17) is 10.00 Å². The predicted molar refractivity (Wildman–Crippen MR) is 90.0 cm³/mol. The van der Waals surface area contributed by atoms with Gasteiger partial charge in [0, 0.05) is 31.1 Å². The summed E-state index contributed by atoms with van der Waals surface area (Å²) >= 11 is 0. The molecule has 24 heavy (non-hydrogen) atoms. The number of piperidine rings is 1. The highest BCUT2D eigenvalue weighted by Gasteiger charge is 2.53. The fourth-order valence-electron chi connectivity index (χ4n) is 3.98. The Kier molecular flexibility index (Phi) is 5.12. The summed E-state index contributed by atoms with van der Waals surface area (Å²) in [6, 6.07) is 2.07. The summed E-state index contributed by atoms with van der Waals surface area (Å²) in [5.41, 5.74) is -0.422. The second-order valence-electron chi connectivity index (χ2n) is 8.59. The van der Waals surface area contributed by atoms with Crippen LogP contribution in [0.4, 0.5) is 4.79 Å². The number of amides is 2. The summed E-state index contributed by atoms with van der Waals surface area (Å²) in [5, 5.41) is 8.66. The molecule has 0 unspecified atom stereocenters. The summed E-state index contributed by atoms with van der Waals surface area (Å²) in [5.74, 6) is 0.278. The van der Waals surface area contributed by atoms with E-state index in [0.717, 1.165) is 12.8 Å². The van der Waals surface area contributed by atoms with Crippen molar-refractivity contribution in [3.63, 3.8) is 0 Å². The quantitative estimate of drug-likeness (QED) is 0.778. The van der Waals surface area contributed by atoms with E-state index in [1.807, 2.05) is 31.7 Å². The maximum atomic E-state index is 12.4. The van der Waals surface area contributed by atoms with Crippen LogP contribution in [-0.4, -0.2) is 53.1 Å². The van der Waals surface area contributed by atoms with Crippen LogP contribution in [-0.2, 0) is 9.53 Å². The van der Waals surface area contributed by atoms with Gasteiger partial charge in [0.05, 0.1) is 6.07 Å². The van der Waals surface area contributed by atoms with Crippen molar-refractivity contribution in [2.45, 2.75) is 65.5 Å². The number of carbonyl (C=O) groups is 2. The van der Waals surface area contributed by atoms with Gasteiger partial charge in [-0.2, -0.15) is 5.26 Å². The van der Waals surface area contributed by atoms with Crippen LogP contribution >= 0.6 is 0 Å². The average molecular weight is 335 g/mol. The molecule has 6 heteroatoms. The van der Waals surface area contributed by atoms with E-state index in [1.165, 1.54) is 0 Å². The van der Waals surface area contributed by atoms with E-state index in [2.05, 4.69) is 13.8 Å². The molecule has 0 saturated carbocycles. The topological polar surface area (TPSA) is 73.6 Å². The largest absolute Gasteiger partial charge is 0.444 e. The normalized spacial score (nSPS) is 24.1. The number of likely N-dealkylation sites (tertiary alicyclic amines) is 2. The Bertz CT molecular complexity index is 537. The van der Waals surface area contributed by atoms with Crippen LogP contribution in [0.25, 0.3) is 0 Å². The molecule has 0 aromatic heterocycles. The zero-order valence-electron chi connectivity index (χ0n) is 15.5. The molecule has 0 aliphatic carbocycles. The van der Waals surface area contributed by atoms with Crippen molar-refractivity contribution in [1.82, 2.24) is 9.80 Å². The Balaban J connectivity index is 1.98. The van der Waals surface area contributed by atoms with Crippen molar-refractivity contribution in [2.24, 2.45) is 11.3 Å². The number of hydrogen-bond acceptors (Lipinski definition) is 4. The number of nitriles is 1. The van der Waals surface area contributed by atoms with Gasteiger partial charge in [0.2, 0.25) is 5.91 Å². The molecule has 2 rings (SSSR count).